The molecule has 1 N–H and O–H groups in total. The van der Waals surface area contributed by atoms with E-state index in [9.17, 15) is 14.0 Å². The van der Waals surface area contributed by atoms with Crippen molar-refractivity contribution >= 4 is 0 Å². The molecule has 17 heavy (non-hydrogen) atoms. The van der Waals surface area contributed by atoms with Crippen LogP contribution in [0.5, 0.6) is 5.88 Å². The van der Waals surface area contributed by atoms with E-state index in [1.807, 2.05) is 0 Å². The van der Waals surface area contributed by atoms with Crippen molar-refractivity contribution in [2.75, 3.05) is 7.11 Å². The molecular formula is C11H9FN2O3. The number of nitrogens with one attached hydrogen (secondary N) is 1. The van der Waals surface area contributed by atoms with E-state index in [-0.39, 0.29) is 5.88 Å². The molecule has 0 amide bonds. The van der Waals surface area contributed by atoms with Crippen LogP contribution in [0.2, 0.25) is 0 Å². The number of methoxy groups -OCH3 is 1. The number of hydrogen-bond donors (Lipinski definition) is 1. The van der Waals surface area contributed by atoms with Gasteiger partial charge in [0.1, 0.15) is 5.82 Å². The Bertz CT molecular complexity index is 643. The number of ether oxygens (including phenoxy) is 1. The van der Waals surface area contributed by atoms with Crippen LogP contribution in [0.1, 0.15) is 0 Å². The van der Waals surface area contributed by atoms with Crippen LogP contribution in [0.4, 0.5) is 4.39 Å². The van der Waals surface area contributed by atoms with Crippen LogP contribution in [0.3, 0.4) is 0 Å². The lowest BCUT2D eigenvalue weighted by atomic mass is 10.3. The number of H-pyrrole nitrogens is 1. The molecule has 0 unspecified atom stereocenters. The van der Waals surface area contributed by atoms with E-state index in [1.165, 1.54) is 31.4 Å². The SMILES string of the molecule is COc1cc(=O)[nH]c(=O)n1-c1ccc(F)cc1. The molecule has 0 saturated carbocycles. The van der Waals surface area contributed by atoms with Crippen molar-refractivity contribution < 1.29 is 9.13 Å². The maximum atomic E-state index is 12.8. The van der Waals surface area contributed by atoms with Gasteiger partial charge in [-0.3, -0.25) is 9.78 Å². The molecule has 0 spiro atoms. The van der Waals surface area contributed by atoms with Gasteiger partial charge < -0.3 is 4.74 Å². The highest BCUT2D eigenvalue weighted by Gasteiger charge is 2.08. The Morgan fingerprint density at radius 2 is 1.88 bits per heavy atom. The molecule has 1 heterocycles. The van der Waals surface area contributed by atoms with Crippen LogP contribution in [0.15, 0.2) is 39.9 Å². The van der Waals surface area contributed by atoms with Crippen molar-refractivity contribution in [2.24, 2.45) is 0 Å². The molecule has 6 heteroatoms. The van der Waals surface area contributed by atoms with Crippen LogP contribution in [-0.4, -0.2) is 16.7 Å². The number of hydrogen-bond acceptors (Lipinski definition) is 3. The van der Waals surface area contributed by atoms with Gasteiger partial charge in [0.15, 0.2) is 0 Å². The molecule has 0 aliphatic rings. The van der Waals surface area contributed by atoms with Gasteiger partial charge in [0.2, 0.25) is 5.88 Å². The van der Waals surface area contributed by atoms with Gasteiger partial charge in [0, 0.05) is 0 Å². The molecule has 0 aliphatic heterocycles. The maximum absolute atomic E-state index is 12.8. The monoisotopic (exact) mass is 236 g/mol. The topological polar surface area (TPSA) is 64.1 Å². The van der Waals surface area contributed by atoms with Crippen molar-refractivity contribution in [3.8, 4) is 11.6 Å². The summed E-state index contributed by atoms with van der Waals surface area (Å²) in [6, 6.07) is 6.40. The first-order valence-electron chi connectivity index (χ1n) is 4.78. The van der Waals surface area contributed by atoms with Crippen molar-refractivity contribution in [2.45, 2.75) is 0 Å². The number of benzene rings is 1. The second-order valence-electron chi connectivity index (χ2n) is 3.29. The zero-order valence-corrected chi connectivity index (χ0v) is 8.94. The van der Waals surface area contributed by atoms with Crippen molar-refractivity contribution in [1.29, 1.82) is 0 Å². The van der Waals surface area contributed by atoms with Gasteiger partial charge in [-0.2, -0.15) is 0 Å². The van der Waals surface area contributed by atoms with E-state index in [0.717, 1.165) is 10.6 Å². The quantitative estimate of drug-likeness (QED) is 0.833. The predicted molar refractivity (Wildman–Crippen MR) is 59.2 cm³/mol. The standard InChI is InChI=1S/C11H9FN2O3/c1-17-10-6-9(15)13-11(16)14(10)8-4-2-7(12)3-5-8/h2-6H,1H3,(H,13,15,16). The Kier molecular flexibility index (Phi) is 2.78. The third-order valence-corrected chi connectivity index (χ3v) is 2.20. The van der Waals surface area contributed by atoms with E-state index >= 15 is 0 Å². The van der Waals surface area contributed by atoms with Crippen molar-refractivity contribution in [3.63, 3.8) is 0 Å². The third-order valence-electron chi connectivity index (χ3n) is 2.20. The maximum Gasteiger partial charge on any atom is 0.335 e. The normalized spacial score (nSPS) is 10.2. The fraction of sp³-hybridized carbons (Fsp3) is 0.0909. The van der Waals surface area contributed by atoms with Crippen LogP contribution in [0.25, 0.3) is 5.69 Å². The van der Waals surface area contributed by atoms with Gasteiger partial charge >= 0.3 is 5.69 Å². The molecule has 0 fully saturated rings. The molecule has 1 aromatic heterocycles. The fourth-order valence-electron chi connectivity index (χ4n) is 1.46. The van der Waals surface area contributed by atoms with E-state index in [1.54, 1.807) is 0 Å². The highest BCUT2D eigenvalue weighted by molar-refractivity contribution is 5.35. The molecule has 0 atom stereocenters. The number of aromatic nitrogens is 2. The average molecular weight is 236 g/mol. The van der Waals surface area contributed by atoms with Gasteiger partial charge in [-0.15, -0.1) is 0 Å². The number of nitrogens with zero attached hydrogens (tertiary/aromatic N) is 1. The Balaban J connectivity index is 2.70. The van der Waals surface area contributed by atoms with E-state index in [2.05, 4.69) is 4.98 Å². The zero-order valence-electron chi connectivity index (χ0n) is 8.94. The molecule has 88 valence electrons. The van der Waals surface area contributed by atoms with Crippen LogP contribution in [-0.2, 0) is 0 Å². The Morgan fingerprint density at radius 1 is 1.24 bits per heavy atom. The van der Waals surface area contributed by atoms with Gasteiger partial charge in [0.25, 0.3) is 5.56 Å². The summed E-state index contributed by atoms with van der Waals surface area (Å²) in [7, 11) is 1.34. The zero-order chi connectivity index (χ0) is 12.4. The van der Waals surface area contributed by atoms with E-state index in [4.69, 9.17) is 4.74 Å². The molecule has 1 aromatic carbocycles. The summed E-state index contributed by atoms with van der Waals surface area (Å²) in [6.45, 7) is 0. The van der Waals surface area contributed by atoms with Crippen molar-refractivity contribution in [3.05, 3.63) is 57.0 Å². The molecule has 2 rings (SSSR count). The summed E-state index contributed by atoms with van der Waals surface area (Å²) in [6.07, 6.45) is 0. The summed E-state index contributed by atoms with van der Waals surface area (Å²) >= 11 is 0. The summed E-state index contributed by atoms with van der Waals surface area (Å²) in [4.78, 5) is 24.8. The molecule has 0 aliphatic carbocycles. The van der Waals surface area contributed by atoms with Gasteiger partial charge in [-0.1, -0.05) is 0 Å². The molecule has 0 saturated heterocycles. The number of halogens is 1. The lowest BCUT2D eigenvalue weighted by Gasteiger charge is -2.09. The lowest BCUT2D eigenvalue weighted by Crippen LogP contribution is -2.29. The smallest absolute Gasteiger partial charge is 0.335 e. The second-order valence-corrected chi connectivity index (χ2v) is 3.29. The van der Waals surface area contributed by atoms with Crippen LogP contribution in [0, 0.1) is 5.82 Å². The first kappa shape index (κ1) is 11.1. The first-order chi connectivity index (χ1) is 8.11. The van der Waals surface area contributed by atoms with Crippen LogP contribution >= 0.6 is 0 Å². The molecule has 0 radical (unpaired) electrons. The minimum Gasteiger partial charge on any atom is -0.482 e. The fourth-order valence-corrected chi connectivity index (χ4v) is 1.46. The summed E-state index contributed by atoms with van der Waals surface area (Å²) in [5.74, 6) is -0.324. The van der Waals surface area contributed by atoms with Crippen LogP contribution < -0.4 is 16.0 Å². The van der Waals surface area contributed by atoms with E-state index < -0.39 is 17.1 Å². The minimum absolute atomic E-state index is 0.0883. The van der Waals surface area contributed by atoms with Crippen molar-refractivity contribution in [1.82, 2.24) is 9.55 Å². The molecule has 0 bridgehead atoms. The number of rotatable bonds is 2. The van der Waals surface area contributed by atoms with E-state index in [0.29, 0.717) is 5.69 Å². The third kappa shape index (κ3) is 2.10. The molecule has 2 aromatic rings. The second kappa shape index (κ2) is 4.25. The highest BCUT2D eigenvalue weighted by Crippen LogP contribution is 2.13. The summed E-state index contributed by atoms with van der Waals surface area (Å²) in [5, 5.41) is 0. The predicted octanol–water partition coefficient (Wildman–Crippen LogP) is 0.673. The largest absolute Gasteiger partial charge is 0.482 e. The summed E-state index contributed by atoms with van der Waals surface area (Å²) < 4.78 is 18.9. The summed E-state index contributed by atoms with van der Waals surface area (Å²) in [5.41, 5.74) is -0.782. The van der Waals surface area contributed by atoms with Gasteiger partial charge in [0.05, 0.1) is 18.9 Å². The first-order valence-corrected chi connectivity index (χ1v) is 4.78. The average Bonchev–Trinajstić information content (AvgIpc) is 2.30. The highest BCUT2D eigenvalue weighted by atomic mass is 19.1. The molecular weight excluding hydrogens is 227 g/mol. The number of aromatic amines is 1. The molecule has 5 nitrogen and oxygen atoms in total. The van der Waals surface area contributed by atoms with Gasteiger partial charge in [-0.05, 0) is 24.3 Å². The van der Waals surface area contributed by atoms with Gasteiger partial charge in [-0.25, -0.2) is 13.8 Å². The lowest BCUT2D eigenvalue weighted by molar-refractivity contribution is 0.381. The minimum atomic E-state index is -0.638. The Labute approximate surface area is 95.1 Å². The Hall–Kier alpha value is -2.37. The Morgan fingerprint density at radius 3 is 2.47 bits per heavy atom.